The van der Waals surface area contributed by atoms with Crippen LogP contribution in [0, 0.1) is 6.92 Å². The summed E-state index contributed by atoms with van der Waals surface area (Å²) in [4.78, 5) is 16.9. The first-order valence-corrected chi connectivity index (χ1v) is 9.01. The maximum absolute atomic E-state index is 12.5. The van der Waals surface area contributed by atoms with E-state index in [1.54, 1.807) is 0 Å². The molecule has 1 spiro atoms. The van der Waals surface area contributed by atoms with Crippen molar-refractivity contribution in [3.63, 3.8) is 0 Å². The standard InChI is InChI=1S/C19H26N4O2/c1-14-4-5-16(25-14)13-23-8-6-19(7-9-23)17(10-18(24)22(19)3)15-11-20-21(2)12-15/h4-5,11-12,17H,6-10,13H2,1-3H3. The number of amides is 1. The van der Waals surface area contributed by atoms with Gasteiger partial charge in [-0.3, -0.25) is 14.4 Å². The molecule has 0 saturated carbocycles. The zero-order valence-electron chi connectivity index (χ0n) is 15.2. The van der Waals surface area contributed by atoms with Crippen LogP contribution in [0.25, 0.3) is 0 Å². The number of furan rings is 1. The summed E-state index contributed by atoms with van der Waals surface area (Å²) in [6, 6.07) is 4.08. The van der Waals surface area contributed by atoms with Gasteiger partial charge in [-0.05, 0) is 37.5 Å². The zero-order valence-corrected chi connectivity index (χ0v) is 15.2. The van der Waals surface area contributed by atoms with Crippen molar-refractivity contribution in [2.45, 2.75) is 44.2 Å². The summed E-state index contributed by atoms with van der Waals surface area (Å²) in [6.45, 7) is 4.79. The molecule has 2 aromatic rings. The fourth-order valence-electron chi connectivity index (χ4n) is 4.60. The van der Waals surface area contributed by atoms with Crippen molar-refractivity contribution < 1.29 is 9.21 Å². The first-order chi connectivity index (χ1) is 12.0. The molecule has 6 nitrogen and oxygen atoms in total. The summed E-state index contributed by atoms with van der Waals surface area (Å²) >= 11 is 0. The number of carbonyl (C=O) groups excluding carboxylic acids is 1. The smallest absolute Gasteiger partial charge is 0.223 e. The number of aryl methyl sites for hydroxylation is 2. The van der Waals surface area contributed by atoms with Crippen LogP contribution in [0.3, 0.4) is 0 Å². The third kappa shape index (κ3) is 2.78. The molecule has 1 amide bonds. The fraction of sp³-hybridized carbons (Fsp3) is 0.579. The Bertz CT molecular complexity index is 770. The van der Waals surface area contributed by atoms with Gasteiger partial charge in [0.15, 0.2) is 0 Å². The predicted octanol–water partition coefficient (Wildman–Crippen LogP) is 2.30. The van der Waals surface area contributed by atoms with E-state index in [2.05, 4.69) is 22.3 Å². The second-order valence-electron chi connectivity index (χ2n) is 7.55. The minimum atomic E-state index is -0.0737. The molecule has 0 bridgehead atoms. The Kier molecular flexibility index (Phi) is 3.95. The van der Waals surface area contributed by atoms with Crippen LogP contribution in [0.15, 0.2) is 28.9 Å². The van der Waals surface area contributed by atoms with Crippen LogP contribution in [-0.4, -0.2) is 51.2 Å². The van der Waals surface area contributed by atoms with Gasteiger partial charge in [-0.1, -0.05) is 0 Å². The molecule has 1 unspecified atom stereocenters. The molecule has 25 heavy (non-hydrogen) atoms. The molecule has 6 heteroatoms. The lowest BCUT2D eigenvalue weighted by molar-refractivity contribution is -0.130. The van der Waals surface area contributed by atoms with E-state index in [4.69, 9.17) is 4.42 Å². The Morgan fingerprint density at radius 1 is 1.28 bits per heavy atom. The van der Waals surface area contributed by atoms with E-state index in [-0.39, 0.29) is 17.4 Å². The van der Waals surface area contributed by atoms with Gasteiger partial charge in [0, 0.05) is 45.7 Å². The van der Waals surface area contributed by atoms with Crippen LogP contribution < -0.4 is 0 Å². The maximum Gasteiger partial charge on any atom is 0.223 e. The van der Waals surface area contributed by atoms with Gasteiger partial charge in [0.25, 0.3) is 0 Å². The van der Waals surface area contributed by atoms with Gasteiger partial charge in [-0.25, -0.2) is 0 Å². The molecule has 0 N–H and O–H groups in total. The van der Waals surface area contributed by atoms with Crippen LogP contribution in [0.4, 0.5) is 0 Å². The van der Waals surface area contributed by atoms with E-state index in [0.717, 1.165) is 44.0 Å². The average Bonchev–Trinajstić information content (AvgIpc) is 3.26. The maximum atomic E-state index is 12.5. The molecule has 134 valence electrons. The normalized spacial score (nSPS) is 23.7. The summed E-state index contributed by atoms with van der Waals surface area (Å²) in [5.74, 6) is 2.48. The summed E-state index contributed by atoms with van der Waals surface area (Å²) in [5.41, 5.74) is 1.12. The molecule has 4 heterocycles. The molecule has 2 saturated heterocycles. The highest BCUT2D eigenvalue weighted by molar-refractivity contribution is 5.81. The van der Waals surface area contributed by atoms with Crippen LogP contribution in [0.5, 0.6) is 0 Å². The Labute approximate surface area is 148 Å². The highest BCUT2D eigenvalue weighted by atomic mass is 16.3. The number of likely N-dealkylation sites (N-methyl/N-ethyl adjacent to an activating group) is 1. The van der Waals surface area contributed by atoms with Crippen LogP contribution in [0.1, 0.15) is 42.3 Å². The predicted molar refractivity (Wildman–Crippen MR) is 94.0 cm³/mol. The number of nitrogens with zero attached hydrogens (tertiary/aromatic N) is 4. The quantitative estimate of drug-likeness (QED) is 0.859. The highest BCUT2D eigenvalue weighted by Gasteiger charge is 2.52. The lowest BCUT2D eigenvalue weighted by atomic mass is 9.74. The summed E-state index contributed by atoms with van der Waals surface area (Å²) in [5, 5.41) is 4.33. The third-order valence-corrected chi connectivity index (χ3v) is 6.09. The fourth-order valence-corrected chi connectivity index (χ4v) is 4.60. The summed E-state index contributed by atoms with van der Waals surface area (Å²) < 4.78 is 7.55. The van der Waals surface area contributed by atoms with E-state index in [0.29, 0.717) is 6.42 Å². The molecular weight excluding hydrogens is 316 g/mol. The highest BCUT2D eigenvalue weighted by Crippen LogP contribution is 2.48. The first kappa shape index (κ1) is 16.4. The van der Waals surface area contributed by atoms with E-state index in [1.165, 1.54) is 5.56 Å². The van der Waals surface area contributed by atoms with Gasteiger partial charge in [0.05, 0.1) is 18.3 Å². The Balaban J connectivity index is 1.51. The first-order valence-electron chi connectivity index (χ1n) is 9.01. The van der Waals surface area contributed by atoms with Crippen molar-refractivity contribution in [3.05, 3.63) is 41.6 Å². The number of aromatic nitrogens is 2. The molecule has 1 atom stereocenters. The third-order valence-electron chi connectivity index (χ3n) is 6.09. The molecule has 0 aromatic carbocycles. The topological polar surface area (TPSA) is 54.5 Å². The Hall–Kier alpha value is -2.08. The number of likely N-dealkylation sites (tertiary alicyclic amines) is 2. The molecule has 4 rings (SSSR count). The zero-order chi connectivity index (χ0) is 17.6. The molecule has 2 aliphatic heterocycles. The van der Waals surface area contributed by atoms with E-state index in [1.807, 2.05) is 42.9 Å². The van der Waals surface area contributed by atoms with Crippen molar-refractivity contribution in [3.8, 4) is 0 Å². The number of hydrogen-bond donors (Lipinski definition) is 0. The Morgan fingerprint density at radius 2 is 2.04 bits per heavy atom. The van der Waals surface area contributed by atoms with Gasteiger partial charge >= 0.3 is 0 Å². The van der Waals surface area contributed by atoms with Gasteiger partial charge in [0.2, 0.25) is 5.91 Å². The van der Waals surface area contributed by atoms with E-state index < -0.39 is 0 Å². The number of piperidine rings is 1. The molecule has 2 aliphatic rings. The van der Waals surface area contributed by atoms with Crippen molar-refractivity contribution in [1.29, 1.82) is 0 Å². The lowest BCUT2D eigenvalue weighted by Gasteiger charge is -2.46. The molecule has 2 aromatic heterocycles. The minimum absolute atomic E-state index is 0.0737. The minimum Gasteiger partial charge on any atom is -0.465 e. The van der Waals surface area contributed by atoms with E-state index >= 15 is 0 Å². The lowest BCUT2D eigenvalue weighted by Crippen LogP contribution is -2.53. The average molecular weight is 342 g/mol. The molecular formula is C19H26N4O2. The van der Waals surface area contributed by atoms with Gasteiger partial charge in [0.1, 0.15) is 11.5 Å². The van der Waals surface area contributed by atoms with Crippen molar-refractivity contribution in [1.82, 2.24) is 19.6 Å². The number of carbonyl (C=O) groups is 1. The van der Waals surface area contributed by atoms with Crippen molar-refractivity contribution in [2.75, 3.05) is 20.1 Å². The second-order valence-corrected chi connectivity index (χ2v) is 7.55. The van der Waals surface area contributed by atoms with E-state index in [9.17, 15) is 4.79 Å². The second kappa shape index (κ2) is 6.02. The van der Waals surface area contributed by atoms with Gasteiger partial charge < -0.3 is 9.32 Å². The Morgan fingerprint density at radius 3 is 2.64 bits per heavy atom. The van der Waals surface area contributed by atoms with Gasteiger partial charge in [-0.15, -0.1) is 0 Å². The number of hydrogen-bond acceptors (Lipinski definition) is 4. The van der Waals surface area contributed by atoms with Crippen LogP contribution in [0.2, 0.25) is 0 Å². The molecule has 0 aliphatic carbocycles. The monoisotopic (exact) mass is 342 g/mol. The molecule has 2 fully saturated rings. The largest absolute Gasteiger partial charge is 0.465 e. The summed E-state index contributed by atoms with van der Waals surface area (Å²) in [7, 11) is 3.91. The van der Waals surface area contributed by atoms with Crippen LogP contribution >= 0.6 is 0 Å². The summed E-state index contributed by atoms with van der Waals surface area (Å²) in [6.07, 6.45) is 6.58. The van der Waals surface area contributed by atoms with Crippen molar-refractivity contribution >= 4 is 5.91 Å². The van der Waals surface area contributed by atoms with Gasteiger partial charge in [-0.2, -0.15) is 5.10 Å². The van der Waals surface area contributed by atoms with Crippen LogP contribution in [-0.2, 0) is 18.4 Å². The number of rotatable bonds is 3. The SMILES string of the molecule is Cc1ccc(CN2CCC3(CC2)C(c2cnn(C)c2)CC(=O)N3C)o1. The van der Waals surface area contributed by atoms with Crippen molar-refractivity contribution in [2.24, 2.45) is 7.05 Å². The molecule has 0 radical (unpaired) electrons.